The summed E-state index contributed by atoms with van der Waals surface area (Å²) in [5.74, 6) is -0.255. The number of hydrogen-bond acceptors (Lipinski definition) is 7. The zero-order valence-electron chi connectivity index (χ0n) is 28.3. The molecule has 48 heavy (non-hydrogen) atoms. The topological polar surface area (TPSA) is 157 Å². The van der Waals surface area contributed by atoms with E-state index in [1.165, 1.54) is 0 Å². The van der Waals surface area contributed by atoms with E-state index in [0.29, 0.717) is 28.7 Å². The van der Waals surface area contributed by atoms with E-state index in [2.05, 4.69) is 16.0 Å². The number of aliphatic carboxylic acids is 1. The van der Waals surface area contributed by atoms with Crippen LogP contribution in [0.3, 0.4) is 0 Å². The minimum absolute atomic E-state index is 0.00436. The molecule has 4 N–H and O–H groups in total. The summed E-state index contributed by atoms with van der Waals surface area (Å²) in [6.45, 7) is 7.74. The normalized spacial score (nSPS) is 21.5. The zero-order chi connectivity index (χ0) is 34.1. The molecule has 1 saturated carbocycles. The summed E-state index contributed by atoms with van der Waals surface area (Å²) in [5, 5.41) is 13.3. The number of carboxylic acid groups (broad SMARTS) is 1. The maximum atomic E-state index is 13.9. The van der Waals surface area contributed by atoms with Crippen molar-refractivity contribution < 1.29 is 24.2 Å². The number of imidazole rings is 1. The number of carboxylic acids is 1. The number of carbonyl (C=O) groups is 3. The maximum absolute atomic E-state index is 13.9. The molecule has 4 aromatic heterocycles. The monoisotopic (exact) mass is 655 g/mol. The van der Waals surface area contributed by atoms with Gasteiger partial charge in [0.2, 0.25) is 5.91 Å². The Balaban J connectivity index is 1.24. The number of aryl methyl sites for hydroxylation is 1. The second kappa shape index (κ2) is 11.9. The van der Waals surface area contributed by atoms with Crippen molar-refractivity contribution in [3.63, 3.8) is 0 Å². The first kappa shape index (κ1) is 32.1. The highest BCUT2D eigenvalue weighted by atomic mass is 16.5. The summed E-state index contributed by atoms with van der Waals surface area (Å²) in [5.41, 5.74) is 10.4. The fourth-order valence-corrected chi connectivity index (χ4v) is 7.66. The maximum Gasteiger partial charge on any atom is 0.309 e. The molecule has 4 atom stereocenters. The van der Waals surface area contributed by atoms with Crippen LogP contribution in [-0.2, 0) is 16.1 Å². The van der Waals surface area contributed by atoms with Crippen molar-refractivity contribution in [2.45, 2.75) is 103 Å². The molecule has 0 aromatic carbocycles. The van der Waals surface area contributed by atoms with E-state index in [1.807, 2.05) is 47.4 Å². The third-order valence-electron chi connectivity index (χ3n) is 10.5. The van der Waals surface area contributed by atoms with Gasteiger partial charge in [-0.2, -0.15) is 0 Å². The molecule has 3 fully saturated rings. The van der Waals surface area contributed by atoms with E-state index >= 15 is 0 Å². The lowest BCUT2D eigenvalue weighted by Crippen LogP contribution is -2.50. The summed E-state index contributed by atoms with van der Waals surface area (Å²) in [6.07, 6.45) is 5.83. The molecule has 4 aromatic rings. The number of aromatic nitrogens is 4. The van der Waals surface area contributed by atoms with Crippen LogP contribution in [0.5, 0.6) is 5.88 Å². The first-order valence-electron chi connectivity index (χ1n) is 17.0. The van der Waals surface area contributed by atoms with Crippen molar-refractivity contribution in [2.24, 2.45) is 17.1 Å². The third-order valence-corrected chi connectivity index (χ3v) is 10.5. The second-order valence-corrected chi connectivity index (χ2v) is 14.7. The number of fused-ring (bicyclic) bond motifs is 4. The smallest absolute Gasteiger partial charge is 0.309 e. The van der Waals surface area contributed by atoms with E-state index in [9.17, 15) is 19.5 Å². The second-order valence-electron chi connectivity index (χ2n) is 14.7. The number of hydrogen-bond donors (Lipinski definition) is 3. The molecule has 12 nitrogen and oxygen atoms in total. The lowest BCUT2D eigenvalue weighted by Gasteiger charge is -2.37. The molecular weight excluding hydrogens is 610 g/mol. The van der Waals surface area contributed by atoms with Gasteiger partial charge in [-0.3, -0.25) is 18.8 Å². The van der Waals surface area contributed by atoms with E-state index < -0.39 is 17.4 Å². The van der Waals surface area contributed by atoms with Crippen molar-refractivity contribution in [1.29, 1.82) is 0 Å². The SMILES string of the molecule is COc1cc(C(=O)N2[C@@H]3CC[C@H]2CC(N)C3)cc2nc(-c3cc4ccc([C@@H](C)NC(=O)CC(C)(C)C(=O)O)nc4n3CC3CC3)c(C)n12. The van der Waals surface area contributed by atoms with Crippen LogP contribution in [-0.4, -0.2) is 72.0 Å². The lowest BCUT2D eigenvalue weighted by atomic mass is 9.89. The molecule has 254 valence electrons. The summed E-state index contributed by atoms with van der Waals surface area (Å²) in [7, 11) is 1.61. The van der Waals surface area contributed by atoms with Gasteiger partial charge in [-0.05, 0) is 96.4 Å². The van der Waals surface area contributed by atoms with Crippen LogP contribution in [0.15, 0.2) is 30.3 Å². The summed E-state index contributed by atoms with van der Waals surface area (Å²) in [4.78, 5) is 50.4. The van der Waals surface area contributed by atoms with Gasteiger partial charge in [-0.25, -0.2) is 9.97 Å². The quantitative estimate of drug-likeness (QED) is 0.219. The molecule has 2 amide bonds. The van der Waals surface area contributed by atoms with Gasteiger partial charge in [-0.1, -0.05) is 0 Å². The Hall–Kier alpha value is -4.45. The van der Waals surface area contributed by atoms with Crippen molar-refractivity contribution in [1.82, 2.24) is 29.2 Å². The van der Waals surface area contributed by atoms with Crippen LogP contribution in [0.2, 0.25) is 0 Å². The Morgan fingerprint density at radius 3 is 2.44 bits per heavy atom. The Morgan fingerprint density at radius 2 is 1.79 bits per heavy atom. The van der Waals surface area contributed by atoms with Crippen LogP contribution < -0.4 is 15.8 Å². The van der Waals surface area contributed by atoms with E-state index in [-0.39, 0.29) is 36.4 Å². The number of rotatable bonds is 10. The van der Waals surface area contributed by atoms with Crippen LogP contribution in [0, 0.1) is 18.3 Å². The lowest BCUT2D eigenvalue weighted by molar-refractivity contribution is -0.149. The molecule has 2 aliphatic heterocycles. The number of methoxy groups -OCH3 is 1. The highest BCUT2D eigenvalue weighted by molar-refractivity contribution is 5.96. The van der Waals surface area contributed by atoms with Gasteiger partial charge in [0, 0.05) is 48.1 Å². The Morgan fingerprint density at radius 1 is 1.08 bits per heavy atom. The highest BCUT2D eigenvalue weighted by Crippen LogP contribution is 2.39. The number of piperidine rings is 1. The predicted molar refractivity (Wildman–Crippen MR) is 181 cm³/mol. The van der Waals surface area contributed by atoms with Gasteiger partial charge in [0.15, 0.2) is 5.88 Å². The van der Waals surface area contributed by atoms with Crippen LogP contribution in [0.4, 0.5) is 0 Å². The minimum Gasteiger partial charge on any atom is -0.482 e. The third kappa shape index (κ3) is 5.69. The average Bonchev–Trinajstić information content (AvgIpc) is 3.62. The van der Waals surface area contributed by atoms with Crippen LogP contribution in [0.1, 0.15) is 93.5 Å². The van der Waals surface area contributed by atoms with E-state index in [0.717, 1.165) is 73.2 Å². The molecule has 1 aliphatic carbocycles. The van der Waals surface area contributed by atoms with E-state index in [1.54, 1.807) is 21.0 Å². The standard InChI is InChI=1S/C36H45N7O5/c1-19(38-30(44)17-36(3,4)35(46)47)27-11-8-22-12-28(41(33(22)39-27)18-21-6-7-21)32-20(2)42-29(40-32)13-23(14-31(42)48-5)34(45)43-25-9-10-26(43)16-24(37)15-25/h8,11-14,19,21,24-26H,6-7,9-10,15-18,37H2,1-5H3,(H,38,44)(H,46,47)/t19-,24?,25-,26+/m1/s1. The molecular formula is C36H45N7O5. The van der Waals surface area contributed by atoms with Gasteiger partial charge in [0.05, 0.1) is 35.6 Å². The fourth-order valence-electron chi connectivity index (χ4n) is 7.66. The number of nitrogens with one attached hydrogen (secondary N) is 1. The molecule has 2 saturated heterocycles. The fraction of sp³-hybridized carbons (Fsp3) is 0.528. The van der Waals surface area contributed by atoms with Crippen molar-refractivity contribution in [2.75, 3.05) is 7.11 Å². The van der Waals surface area contributed by atoms with E-state index in [4.69, 9.17) is 20.4 Å². The number of ether oxygens (including phenoxy) is 1. The number of nitrogens with zero attached hydrogens (tertiary/aromatic N) is 5. The summed E-state index contributed by atoms with van der Waals surface area (Å²) >= 11 is 0. The molecule has 0 spiro atoms. The zero-order valence-corrected chi connectivity index (χ0v) is 28.3. The molecule has 6 heterocycles. The van der Waals surface area contributed by atoms with Crippen molar-refractivity contribution in [3.05, 3.63) is 47.3 Å². The summed E-state index contributed by atoms with van der Waals surface area (Å²) in [6, 6.07) is 9.79. The Labute approximate surface area is 279 Å². The van der Waals surface area contributed by atoms with Gasteiger partial charge < -0.3 is 30.4 Å². The van der Waals surface area contributed by atoms with Crippen molar-refractivity contribution >= 4 is 34.5 Å². The first-order chi connectivity index (χ1) is 22.8. The molecule has 7 rings (SSSR count). The van der Waals surface area contributed by atoms with Crippen LogP contribution >= 0.6 is 0 Å². The van der Waals surface area contributed by atoms with Gasteiger partial charge in [-0.15, -0.1) is 0 Å². The predicted octanol–water partition coefficient (Wildman–Crippen LogP) is 4.85. The molecule has 12 heteroatoms. The average molecular weight is 656 g/mol. The number of carbonyl (C=O) groups excluding carboxylic acids is 2. The largest absolute Gasteiger partial charge is 0.482 e. The van der Waals surface area contributed by atoms with Crippen LogP contribution in [0.25, 0.3) is 28.1 Å². The minimum atomic E-state index is -1.17. The Kier molecular flexibility index (Phi) is 7.97. The molecule has 3 aliphatic rings. The summed E-state index contributed by atoms with van der Waals surface area (Å²) < 4.78 is 10.0. The highest BCUT2D eigenvalue weighted by Gasteiger charge is 2.42. The van der Waals surface area contributed by atoms with Gasteiger partial charge in [0.25, 0.3) is 5.91 Å². The molecule has 0 radical (unpaired) electrons. The first-order valence-corrected chi connectivity index (χ1v) is 17.0. The number of pyridine rings is 2. The van der Waals surface area contributed by atoms with Crippen molar-refractivity contribution in [3.8, 4) is 17.3 Å². The molecule has 1 unspecified atom stereocenters. The molecule has 2 bridgehead atoms. The van der Waals surface area contributed by atoms with Gasteiger partial charge >= 0.3 is 5.97 Å². The Bertz CT molecular complexity index is 1930. The number of nitrogens with two attached hydrogens (primary N) is 1. The van der Waals surface area contributed by atoms with Gasteiger partial charge in [0.1, 0.15) is 17.0 Å². The number of amides is 2.